The second kappa shape index (κ2) is 2.56. The zero-order valence-electron chi connectivity index (χ0n) is 7.68. The van der Waals surface area contributed by atoms with E-state index in [0.29, 0.717) is 23.3 Å². The van der Waals surface area contributed by atoms with E-state index >= 15 is 0 Å². The van der Waals surface area contributed by atoms with E-state index in [-0.39, 0.29) is 0 Å². The van der Waals surface area contributed by atoms with Crippen molar-refractivity contribution in [2.75, 3.05) is 0 Å². The van der Waals surface area contributed by atoms with Gasteiger partial charge in [-0.05, 0) is 25.7 Å². The van der Waals surface area contributed by atoms with Gasteiger partial charge < -0.3 is 5.11 Å². The van der Waals surface area contributed by atoms with E-state index in [1.165, 1.54) is 0 Å². The highest BCUT2D eigenvalue weighted by Crippen LogP contribution is 2.43. The predicted octanol–water partition coefficient (Wildman–Crippen LogP) is 1.19. The van der Waals surface area contributed by atoms with Crippen LogP contribution in [-0.4, -0.2) is 26.1 Å². The van der Waals surface area contributed by atoms with Gasteiger partial charge in [-0.15, -0.1) is 5.10 Å². The van der Waals surface area contributed by atoms with Crippen molar-refractivity contribution in [2.45, 2.75) is 37.6 Å². The van der Waals surface area contributed by atoms with Gasteiger partial charge in [0.1, 0.15) is 5.69 Å². The van der Waals surface area contributed by atoms with Gasteiger partial charge in [0.25, 0.3) is 0 Å². The highest BCUT2D eigenvalue weighted by atomic mass is 16.4. The maximum atomic E-state index is 11.1. The van der Waals surface area contributed by atoms with Crippen LogP contribution in [0, 0.1) is 0 Å². The average molecular weight is 193 g/mol. The molecule has 0 atom stereocenters. The molecule has 1 heterocycles. The van der Waals surface area contributed by atoms with Gasteiger partial charge in [0.05, 0.1) is 6.04 Å². The van der Waals surface area contributed by atoms with Crippen molar-refractivity contribution in [1.29, 1.82) is 0 Å². The first-order valence-electron chi connectivity index (χ1n) is 4.95. The van der Waals surface area contributed by atoms with Crippen LogP contribution in [0.15, 0.2) is 0 Å². The van der Waals surface area contributed by atoms with Crippen molar-refractivity contribution in [3.8, 4) is 0 Å². The summed E-state index contributed by atoms with van der Waals surface area (Å²) in [6, 6.07) is 0.293. The lowest BCUT2D eigenvalue weighted by Gasteiger charge is -2.00. The van der Waals surface area contributed by atoms with Crippen LogP contribution >= 0.6 is 0 Å². The average Bonchev–Trinajstić information content (AvgIpc) is 3.03. The fourth-order valence-electron chi connectivity index (χ4n) is 1.72. The summed E-state index contributed by atoms with van der Waals surface area (Å²) in [6.07, 6.45) is 4.19. The number of aromatic nitrogens is 3. The Kier molecular flexibility index (Phi) is 1.45. The summed E-state index contributed by atoms with van der Waals surface area (Å²) in [7, 11) is 0. The molecule has 0 unspecified atom stereocenters. The Bertz CT molecular complexity index is 361. The number of nitrogens with zero attached hydrogens (tertiary/aromatic N) is 3. The van der Waals surface area contributed by atoms with Crippen molar-refractivity contribution >= 4 is 5.97 Å². The lowest BCUT2D eigenvalue weighted by molar-refractivity contribution is 0.0681. The molecule has 0 radical (unpaired) electrons. The van der Waals surface area contributed by atoms with E-state index in [0.717, 1.165) is 25.7 Å². The Hall–Kier alpha value is -1.39. The van der Waals surface area contributed by atoms with E-state index in [9.17, 15) is 4.79 Å². The van der Waals surface area contributed by atoms with E-state index in [1.807, 2.05) is 0 Å². The SMILES string of the molecule is O=C(O)c1c(C2CC2)nnn1C1CC1. The maximum Gasteiger partial charge on any atom is 0.356 e. The normalized spacial score (nSPS) is 21.1. The summed E-state index contributed by atoms with van der Waals surface area (Å²) >= 11 is 0. The molecule has 5 nitrogen and oxygen atoms in total. The van der Waals surface area contributed by atoms with Gasteiger partial charge in [-0.2, -0.15) is 0 Å². The molecule has 1 N–H and O–H groups in total. The molecule has 0 saturated heterocycles. The van der Waals surface area contributed by atoms with Gasteiger partial charge in [0, 0.05) is 5.92 Å². The van der Waals surface area contributed by atoms with Gasteiger partial charge in [-0.25, -0.2) is 9.48 Å². The molecule has 0 amide bonds. The van der Waals surface area contributed by atoms with Crippen LogP contribution in [0.1, 0.15) is 53.8 Å². The lowest BCUT2D eigenvalue weighted by atomic mass is 10.2. The minimum Gasteiger partial charge on any atom is -0.476 e. The first kappa shape index (κ1) is 7.96. The summed E-state index contributed by atoms with van der Waals surface area (Å²) in [5, 5.41) is 17.0. The van der Waals surface area contributed by atoms with Gasteiger partial charge in [-0.1, -0.05) is 5.21 Å². The number of carboxylic acids is 1. The van der Waals surface area contributed by atoms with Crippen LogP contribution in [0.25, 0.3) is 0 Å². The minimum atomic E-state index is -0.885. The molecule has 5 heteroatoms. The van der Waals surface area contributed by atoms with Crippen LogP contribution in [0.4, 0.5) is 0 Å². The van der Waals surface area contributed by atoms with Gasteiger partial charge in [0.15, 0.2) is 5.69 Å². The monoisotopic (exact) mass is 193 g/mol. The Labute approximate surface area is 80.7 Å². The van der Waals surface area contributed by atoms with Gasteiger partial charge >= 0.3 is 5.97 Å². The van der Waals surface area contributed by atoms with Crippen LogP contribution in [0.2, 0.25) is 0 Å². The molecule has 2 fully saturated rings. The molecule has 0 aliphatic heterocycles. The second-order valence-corrected chi connectivity index (χ2v) is 4.08. The third-order valence-electron chi connectivity index (χ3n) is 2.78. The smallest absolute Gasteiger partial charge is 0.356 e. The van der Waals surface area contributed by atoms with E-state index in [4.69, 9.17) is 5.11 Å². The van der Waals surface area contributed by atoms with Crippen LogP contribution in [0.3, 0.4) is 0 Å². The molecule has 2 aliphatic rings. The number of carboxylic acid groups (broad SMARTS) is 1. The Balaban J connectivity index is 2.06. The van der Waals surface area contributed by atoms with Crippen LogP contribution in [0.5, 0.6) is 0 Å². The molecule has 14 heavy (non-hydrogen) atoms. The van der Waals surface area contributed by atoms with Gasteiger partial charge in [-0.3, -0.25) is 0 Å². The Morgan fingerprint density at radius 3 is 2.57 bits per heavy atom. The molecule has 1 aromatic rings. The molecule has 0 spiro atoms. The van der Waals surface area contributed by atoms with Crippen molar-refractivity contribution in [1.82, 2.24) is 15.0 Å². The summed E-state index contributed by atoms with van der Waals surface area (Å²) in [6.45, 7) is 0. The van der Waals surface area contributed by atoms with Crippen LogP contribution in [-0.2, 0) is 0 Å². The minimum absolute atomic E-state index is 0.293. The second-order valence-electron chi connectivity index (χ2n) is 4.08. The largest absolute Gasteiger partial charge is 0.476 e. The molecule has 2 aliphatic carbocycles. The molecular formula is C9H11N3O2. The molecular weight excluding hydrogens is 182 g/mol. The molecule has 1 aromatic heterocycles. The molecule has 3 rings (SSSR count). The number of hydrogen-bond donors (Lipinski definition) is 1. The number of carbonyl (C=O) groups is 1. The third-order valence-corrected chi connectivity index (χ3v) is 2.78. The number of hydrogen-bond acceptors (Lipinski definition) is 3. The highest BCUT2D eigenvalue weighted by molar-refractivity contribution is 5.87. The Morgan fingerprint density at radius 2 is 2.07 bits per heavy atom. The number of rotatable bonds is 3. The first-order valence-corrected chi connectivity index (χ1v) is 4.95. The molecule has 0 aromatic carbocycles. The molecule has 2 saturated carbocycles. The fourth-order valence-corrected chi connectivity index (χ4v) is 1.72. The number of aromatic carboxylic acids is 1. The topological polar surface area (TPSA) is 68.0 Å². The lowest BCUT2D eigenvalue weighted by Crippen LogP contribution is -2.10. The summed E-state index contributed by atoms with van der Waals surface area (Å²) in [4.78, 5) is 11.1. The Morgan fingerprint density at radius 1 is 1.36 bits per heavy atom. The summed E-state index contributed by atoms with van der Waals surface area (Å²) in [5.74, 6) is -0.530. The zero-order chi connectivity index (χ0) is 9.71. The van der Waals surface area contributed by atoms with Crippen molar-refractivity contribution in [2.24, 2.45) is 0 Å². The fraction of sp³-hybridized carbons (Fsp3) is 0.667. The van der Waals surface area contributed by atoms with Gasteiger partial charge in [0.2, 0.25) is 0 Å². The van der Waals surface area contributed by atoms with E-state index in [2.05, 4.69) is 10.3 Å². The van der Waals surface area contributed by atoms with E-state index < -0.39 is 5.97 Å². The maximum absolute atomic E-state index is 11.1. The van der Waals surface area contributed by atoms with Crippen molar-refractivity contribution in [3.63, 3.8) is 0 Å². The quantitative estimate of drug-likeness (QED) is 0.782. The van der Waals surface area contributed by atoms with Crippen LogP contribution < -0.4 is 0 Å². The molecule has 74 valence electrons. The van der Waals surface area contributed by atoms with Crippen molar-refractivity contribution in [3.05, 3.63) is 11.4 Å². The highest BCUT2D eigenvalue weighted by Gasteiger charge is 2.37. The first-order chi connectivity index (χ1) is 6.77. The third kappa shape index (κ3) is 1.12. The van der Waals surface area contributed by atoms with Crippen molar-refractivity contribution < 1.29 is 9.90 Å². The van der Waals surface area contributed by atoms with E-state index in [1.54, 1.807) is 4.68 Å². The summed E-state index contributed by atoms with van der Waals surface area (Å²) in [5.41, 5.74) is 1.03. The summed E-state index contributed by atoms with van der Waals surface area (Å²) < 4.78 is 1.59. The molecule has 0 bridgehead atoms. The zero-order valence-corrected chi connectivity index (χ0v) is 7.68. The standard InChI is InChI=1S/C9H11N3O2/c13-9(14)8-7(5-1-2-5)10-11-12(8)6-3-4-6/h5-6H,1-4H2,(H,13,14). The predicted molar refractivity (Wildman–Crippen MR) is 47.2 cm³/mol.